The molecular formula is C23H23F4N7O2. The number of nitrogens with one attached hydrogen (secondary N) is 1. The van der Waals surface area contributed by atoms with Gasteiger partial charge in [-0.1, -0.05) is 12.1 Å². The van der Waals surface area contributed by atoms with Crippen LogP contribution in [-0.2, 0) is 5.60 Å². The SMILES string of the molecule is Cc1nc(N2C[C@]3(F)CN(C(=O)c4c(F)cccc4-c4nnc[nH]4)C[C@]3(F)C2)nc(C(C)(C)O)c1F. The Balaban J connectivity index is 1.43. The summed E-state index contributed by atoms with van der Waals surface area (Å²) in [5, 5.41) is 17.7. The zero-order chi connectivity index (χ0) is 26.0. The number of anilines is 1. The molecule has 2 aliphatic rings. The Hall–Kier alpha value is -3.61. The molecule has 2 aromatic heterocycles. The molecule has 190 valence electrons. The largest absolute Gasteiger partial charge is 0.384 e. The molecule has 9 nitrogen and oxygen atoms in total. The first kappa shape index (κ1) is 24.1. The summed E-state index contributed by atoms with van der Waals surface area (Å²) in [4.78, 5) is 26.2. The molecule has 3 aromatic rings. The first-order valence-electron chi connectivity index (χ1n) is 11.2. The molecule has 0 spiro atoms. The quantitative estimate of drug-likeness (QED) is 0.524. The second kappa shape index (κ2) is 7.95. The van der Waals surface area contributed by atoms with Gasteiger partial charge in [0.15, 0.2) is 23.0 Å². The molecule has 2 N–H and O–H groups in total. The van der Waals surface area contributed by atoms with Gasteiger partial charge < -0.3 is 19.9 Å². The van der Waals surface area contributed by atoms with Crippen LogP contribution >= 0.6 is 0 Å². The topological polar surface area (TPSA) is 111 Å². The van der Waals surface area contributed by atoms with Crippen molar-refractivity contribution in [3.8, 4) is 11.4 Å². The van der Waals surface area contributed by atoms with Crippen LogP contribution in [0.4, 0.5) is 23.5 Å². The minimum atomic E-state index is -2.51. The predicted molar refractivity (Wildman–Crippen MR) is 120 cm³/mol. The van der Waals surface area contributed by atoms with Gasteiger partial charge in [-0.3, -0.25) is 4.79 Å². The third-order valence-corrected chi connectivity index (χ3v) is 6.62. The molecule has 4 heterocycles. The summed E-state index contributed by atoms with van der Waals surface area (Å²) in [5.41, 5.74) is -7.29. The number of halogens is 4. The molecule has 13 heteroatoms. The van der Waals surface area contributed by atoms with Gasteiger partial charge in [0.25, 0.3) is 5.91 Å². The van der Waals surface area contributed by atoms with Crippen LogP contribution in [0.1, 0.15) is 35.6 Å². The number of benzene rings is 1. The molecule has 5 rings (SSSR count). The first-order valence-corrected chi connectivity index (χ1v) is 11.2. The van der Waals surface area contributed by atoms with E-state index in [1.807, 2.05) is 0 Å². The molecule has 0 bridgehead atoms. The molecule has 2 saturated heterocycles. The third kappa shape index (κ3) is 3.69. The fourth-order valence-electron chi connectivity index (χ4n) is 4.80. The smallest absolute Gasteiger partial charge is 0.257 e. The van der Waals surface area contributed by atoms with E-state index in [1.54, 1.807) is 0 Å². The summed E-state index contributed by atoms with van der Waals surface area (Å²) < 4.78 is 61.3. The number of likely N-dealkylation sites (tertiary alicyclic amines) is 1. The summed E-state index contributed by atoms with van der Waals surface area (Å²) in [6.45, 7) is 1.73. The van der Waals surface area contributed by atoms with Crippen molar-refractivity contribution in [2.45, 2.75) is 37.7 Å². The van der Waals surface area contributed by atoms with Crippen molar-refractivity contribution < 1.29 is 27.5 Å². The lowest BCUT2D eigenvalue weighted by molar-refractivity contribution is 0.0491. The van der Waals surface area contributed by atoms with Crippen molar-refractivity contribution >= 4 is 11.9 Å². The number of alkyl halides is 2. The van der Waals surface area contributed by atoms with Crippen molar-refractivity contribution in [2.75, 3.05) is 31.1 Å². The number of aryl methyl sites for hydroxylation is 1. The van der Waals surface area contributed by atoms with Gasteiger partial charge in [0.1, 0.15) is 23.4 Å². The number of amides is 1. The zero-order valence-corrected chi connectivity index (χ0v) is 19.7. The standard InChI is InChI=1S/C23H23F4N7O2/c1-12-16(25)17(21(2,3)36)31-20(30-12)34-9-22(26)7-33(8-23(22,27)10-34)19(35)15-13(5-4-6-14(15)24)18-28-11-29-32-18/h4-6,11,36H,7-10H2,1-3H3,(H,28,29,32)/t22-,23+. The normalized spacial score (nSPS) is 23.9. The Morgan fingerprint density at radius 1 is 1.11 bits per heavy atom. The van der Waals surface area contributed by atoms with Crippen LogP contribution in [0.15, 0.2) is 24.5 Å². The van der Waals surface area contributed by atoms with Gasteiger partial charge in [-0.2, -0.15) is 0 Å². The Morgan fingerprint density at radius 3 is 2.36 bits per heavy atom. The number of fused-ring (bicyclic) bond motifs is 1. The van der Waals surface area contributed by atoms with Crippen LogP contribution in [0, 0.1) is 18.6 Å². The van der Waals surface area contributed by atoms with Crippen LogP contribution in [0.5, 0.6) is 0 Å². The third-order valence-electron chi connectivity index (χ3n) is 6.62. The summed E-state index contributed by atoms with van der Waals surface area (Å²) in [6.07, 6.45) is 1.26. The molecule has 0 saturated carbocycles. The lowest BCUT2D eigenvalue weighted by atomic mass is 9.94. The van der Waals surface area contributed by atoms with Crippen molar-refractivity contribution in [2.24, 2.45) is 0 Å². The number of aromatic nitrogens is 5. The number of H-pyrrole nitrogens is 1. The lowest BCUT2D eigenvalue weighted by Crippen LogP contribution is -2.44. The zero-order valence-electron chi connectivity index (χ0n) is 19.7. The van der Waals surface area contributed by atoms with Gasteiger partial charge in [-0.15, -0.1) is 10.2 Å². The van der Waals surface area contributed by atoms with Gasteiger partial charge in [-0.25, -0.2) is 27.5 Å². The number of hydrogen-bond acceptors (Lipinski definition) is 7. The first-order chi connectivity index (χ1) is 16.8. The van der Waals surface area contributed by atoms with Crippen LogP contribution < -0.4 is 4.90 Å². The lowest BCUT2D eigenvalue weighted by Gasteiger charge is -2.25. The van der Waals surface area contributed by atoms with Gasteiger partial charge in [0.05, 0.1) is 37.4 Å². The number of nitrogens with zero attached hydrogens (tertiary/aromatic N) is 6. The van der Waals surface area contributed by atoms with E-state index in [4.69, 9.17) is 0 Å². The number of aromatic amines is 1. The van der Waals surface area contributed by atoms with Crippen molar-refractivity contribution in [1.82, 2.24) is 30.0 Å². The second-order valence-corrected chi connectivity index (χ2v) is 9.78. The molecule has 1 amide bonds. The Bertz CT molecular complexity index is 1330. The van der Waals surface area contributed by atoms with E-state index in [0.29, 0.717) is 0 Å². The average molecular weight is 505 g/mol. The fourth-order valence-corrected chi connectivity index (χ4v) is 4.80. The van der Waals surface area contributed by atoms with Gasteiger partial charge >= 0.3 is 0 Å². The highest BCUT2D eigenvalue weighted by molar-refractivity contribution is 6.00. The maximum absolute atomic E-state index is 16.0. The van der Waals surface area contributed by atoms with E-state index >= 15 is 8.78 Å². The van der Waals surface area contributed by atoms with E-state index in [2.05, 4.69) is 25.1 Å². The summed E-state index contributed by atoms with van der Waals surface area (Å²) in [7, 11) is 0. The number of carbonyl (C=O) groups is 1. The van der Waals surface area contributed by atoms with Crippen LogP contribution in [0.25, 0.3) is 11.4 Å². The van der Waals surface area contributed by atoms with Crippen molar-refractivity contribution in [3.63, 3.8) is 0 Å². The van der Waals surface area contributed by atoms with Gasteiger partial charge in [-0.05, 0) is 26.8 Å². The van der Waals surface area contributed by atoms with Gasteiger partial charge in [0.2, 0.25) is 5.95 Å². The molecule has 0 radical (unpaired) electrons. The highest BCUT2D eigenvalue weighted by atomic mass is 19.2. The maximum Gasteiger partial charge on any atom is 0.257 e. The number of carbonyl (C=O) groups excluding carboxylic acids is 1. The molecule has 2 aliphatic heterocycles. The van der Waals surface area contributed by atoms with E-state index in [0.717, 1.165) is 11.0 Å². The molecule has 2 atom stereocenters. The van der Waals surface area contributed by atoms with E-state index in [1.165, 1.54) is 44.1 Å². The average Bonchev–Trinajstić information content (AvgIpc) is 3.46. The minimum Gasteiger partial charge on any atom is -0.384 e. The number of aliphatic hydroxyl groups is 1. The fraction of sp³-hybridized carbons (Fsp3) is 0.435. The van der Waals surface area contributed by atoms with Crippen molar-refractivity contribution in [1.29, 1.82) is 0 Å². The second-order valence-electron chi connectivity index (χ2n) is 9.78. The number of hydrogen-bond donors (Lipinski definition) is 2. The molecule has 0 unspecified atom stereocenters. The Kier molecular flexibility index (Phi) is 5.32. The highest BCUT2D eigenvalue weighted by Crippen LogP contribution is 2.46. The molecule has 2 fully saturated rings. The summed E-state index contributed by atoms with van der Waals surface area (Å²) in [5.74, 6) is -2.54. The Labute approximate surface area is 203 Å². The molecule has 0 aliphatic carbocycles. The van der Waals surface area contributed by atoms with E-state index < -0.39 is 60.7 Å². The Morgan fingerprint density at radius 2 is 1.78 bits per heavy atom. The summed E-state index contributed by atoms with van der Waals surface area (Å²) >= 11 is 0. The number of rotatable bonds is 4. The highest BCUT2D eigenvalue weighted by Gasteiger charge is 2.67. The van der Waals surface area contributed by atoms with E-state index in [9.17, 15) is 18.7 Å². The van der Waals surface area contributed by atoms with Crippen molar-refractivity contribution in [3.05, 3.63) is 53.1 Å². The van der Waals surface area contributed by atoms with Crippen LogP contribution in [-0.4, -0.2) is 78.6 Å². The van der Waals surface area contributed by atoms with Crippen LogP contribution in [0.3, 0.4) is 0 Å². The summed E-state index contributed by atoms with van der Waals surface area (Å²) in [6, 6.07) is 3.93. The molecular weight excluding hydrogens is 482 g/mol. The minimum absolute atomic E-state index is 0.0775. The molecule has 36 heavy (non-hydrogen) atoms. The monoisotopic (exact) mass is 505 g/mol. The predicted octanol–water partition coefficient (Wildman–Crippen LogP) is 2.47. The van der Waals surface area contributed by atoms with Gasteiger partial charge in [0, 0.05) is 5.56 Å². The van der Waals surface area contributed by atoms with Crippen LogP contribution in [0.2, 0.25) is 0 Å². The molecule has 1 aromatic carbocycles. The maximum atomic E-state index is 16.0. The van der Waals surface area contributed by atoms with E-state index in [-0.39, 0.29) is 34.3 Å².